The zero-order valence-electron chi connectivity index (χ0n) is 13.2. The van der Waals surface area contributed by atoms with Crippen LogP contribution in [0.25, 0.3) is 0 Å². The number of benzene rings is 1. The van der Waals surface area contributed by atoms with Crippen molar-refractivity contribution in [1.82, 2.24) is 10.4 Å². The van der Waals surface area contributed by atoms with Gasteiger partial charge in [0.2, 0.25) is 0 Å². The van der Waals surface area contributed by atoms with Gasteiger partial charge in [-0.15, -0.1) is 0 Å². The Bertz CT molecular complexity index is 599. The van der Waals surface area contributed by atoms with Crippen molar-refractivity contribution in [1.29, 1.82) is 0 Å². The number of nitrogens with two attached hydrogens (primary N) is 1. The highest BCUT2D eigenvalue weighted by molar-refractivity contribution is 5.77. The van der Waals surface area contributed by atoms with Gasteiger partial charge in [-0.1, -0.05) is 0 Å². The highest BCUT2D eigenvalue weighted by Gasteiger charge is 2.30. The first-order chi connectivity index (χ1) is 11.7. The van der Waals surface area contributed by atoms with Gasteiger partial charge >= 0.3 is 12.3 Å². The number of nitrogens with zero attached hydrogens (tertiary/aromatic N) is 1. The van der Waals surface area contributed by atoms with Crippen LogP contribution in [0.2, 0.25) is 0 Å². The van der Waals surface area contributed by atoms with Gasteiger partial charge in [0.1, 0.15) is 11.9 Å². The van der Waals surface area contributed by atoms with Crippen molar-refractivity contribution in [2.75, 3.05) is 19.7 Å². The molecule has 1 heterocycles. The van der Waals surface area contributed by atoms with E-state index in [2.05, 4.69) is 5.43 Å². The van der Waals surface area contributed by atoms with Crippen molar-refractivity contribution in [3.63, 3.8) is 0 Å². The summed E-state index contributed by atoms with van der Waals surface area (Å²) in [4.78, 5) is 22.5. The van der Waals surface area contributed by atoms with Crippen LogP contribution < -0.4 is 15.9 Å². The smallest absolute Gasteiger partial charge is 0.416 e. The van der Waals surface area contributed by atoms with Gasteiger partial charge in [0, 0.05) is 13.1 Å². The molecule has 0 aliphatic carbocycles. The van der Waals surface area contributed by atoms with Crippen molar-refractivity contribution in [3.8, 4) is 5.75 Å². The Morgan fingerprint density at radius 2 is 1.80 bits per heavy atom. The molecule has 10 heteroatoms. The molecule has 2 rings (SSSR count). The van der Waals surface area contributed by atoms with E-state index in [1.165, 1.54) is 0 Å². The number of alkyl halides is 3. The van der Waals surface area contributed by atoms with Crippen LogP contribution in [0.4, 0.5) is 18.0 Å². The topological polar surface area (TPSA) is 93.9 Å². The summed E-state index contributed by atoms with van der Waals surface area (Å²) >= 11 is 0. The first-order valence-electron chi connectivity index (χ1n) is 7.54. The molecular weight excluding hydrogens is 343 g/mol. The molecule has 1 aliphatic rings. The summed E-state index contributed by atoms with van der Waals surface area (Å²) in [5, 5.41) is 1.65. The summed E-state index contributed by atoms with van der Waals surface area (Å²) < 4.78 is 47.4. The number of rotatable bonds is 5. The van der Waals surface area contributed by atoms with Crippen molar-refractivity contribution in [3.05, 3.63) is 29.8 Å². The number of nitrogens with one attached hydrogen (secondary N) is 1. The van der Waals surface area contributed by atoms with Crippen LogP contribution in [-0.4, -0.2) is 42.8 Å². The number of piperidine rings is 1. The van der Waals surface area contributed by atoms with Crippen molar-refractivity contribution in [2.45, 2.75) is 25.1 Å². The molecule has 0 radical (unpaired) electrons. The van der Waals surface area contributed by atoms with E-state index in [4.69, 9.17) is 15.2 Å². The van der Waals surface area contributed by atoms with Gasteiger partial charge in [-0.2, -0.15) is 13.2 Å². The number of hydrogen-bond acceptors (Lipinski definition) is 5. The van der Waals surface area contributed by atoms with Crippen molar-refractivity contribution < 1.29 is 32.2 Å². The maximum atomic E-state index is 12.4. The second kappa shape index (κ2) is 8.06. The normalized spacial score (nSPS) is 16.3. The Kier molecular flexibility index (Phi) is 6.07. The van der Waals surface area contributed by atoms with E-state index in [9.17, 15) is 22.8 Å². The van der Waals surface area contributed by atoms with Crippen LogP contribution in [-0.2, 0) is 15.7 Å². The summed E-state index contributed by atoms with van der Waals surface area (Å²) in [5.74, 6) is -0.272. The number of halogens is 3. The molecule has 0 spiro atoms. The average molecular weight is 361 g/mol. The lowest BCUT2D eigenvalue weighted by atomic mass is 10.1. The van der Waals surface area contributed by atoms with E-state index >= 15 is 0 Å². The minimum atomic E-state index is -4.42. The second-order valence-corrected chi connectivity index (χ2v) is 5.47. The highest BCUT2D eigenvalue weighted by atomic mass is 19.4. The van der Waals surface area contributed by atoms with Gasteiger partial charge in [-0.05, 0) is 37.1 Å². The molecule has 25 heavy (non-hydrogen) atoms. The van der Waals surface area contributed by atoms with Crippen LogP contribution in [0.5, 0.6) is 5.75 Å². The molecule has 1 saturated heterocycles. The molecule has 0 atom stereocenters. The third kappa shape index (κ3) is 6.14. The predicted molar refractivity (Wildman–Crippen MR) is 80.3 cm³/mol. The monoisotopic (exact) mass is 361 g/mol. The third-order valence-corrected chi connectivity index (χ3v) is 3.56. The number of amides is 2. The number of hydrazine groups is 1. The number of carbonyl (C=O) groups is 2. The summed E-state index contributed by atoms with van der Waals surface area (Å²) in [7, 11) is 0. The zero-order chi connectivity index (χ0) is 18.4. The lowest BCUT2D eigenvalue weighted by Gasteiger charge is -2.31. The summed E-state index contributed by atoms with van der Waals surface area (Å²) in [6.07, 6.45) is -4.45. The van der Waals surface area contributed by atoms with E-state index < -0.39 is 23.7 Å². The first kappa shape index (κ1) is 18.8. The van der Waals surface area contributed by atoms with Crippen molar-refractivity contribution in [2.24, 2.45) is 5.73 Å². The molecule has 2 amide bonds. The number of ether oxygens (including phenoxy) is 2. The predicted octanol–water partition coefficient (Wildman–Crippen LogP) is 1.68. The average Bonchev–Trinajstić information content (AvgIpc) is 2.54. The first-order valence-corrected chi connectivity index (χ1v) is 7.54. The van der Waals surface area contributed by atoms with E-state index in [0.717, 1.165) is 24.3 Å². The van der Waals surface area contributed by atoms with E-state index in [1.54, 1.807) is 5.01 Å². The van der Waals surface area contributed by atoms with Crippen LogP contribution in [0.3, 0.4) is 0 Å². The highest BCUT2D eigenvalue weighted by Crippen LogP contribution is 2.30. The quantitative estimate of drug-likeness (QED) is 0.832. The van der Waals surface area contributed by atoms with Gasteiger partial charge in [0.25, 0.3) is 5.91 Å². The molecule has 0 saturated carbocycles. The standard InChI is InChI=1S/C15H18F3N3O4/c16-15(17,18)10-1-3-11(4-2-10)24-9-13(22)20-21-7-5-12(6-8-21)25-14(19)23/h1-4,12H,5-9H2,(H2,19,23)(H,20,22). The molecule has 138 valence electrons. The summed E-state index contributed by atoms with van der Waals surface area (Å²) in [5.41, 5.74) is 6.77. The fourth-order valence-electron chi connectivity index (χ4n) is 2.35. The molecule has 1 aliphatic heterocycles. The van der Waals surface area contributed by atoms with Gasteiger partial charge in [-0.3, -0.25) is 10.2 Å². The molecular formula is C15H18F3N3O4. The molecule has 0 aromatic heterocycles. The maximum absolute atomic E-state index is 12.4. The summed E-state index contributed by atoms with van der Waals surface area (Å²) in [6, 6.07) is 4.08. The minimum absolute atomic E-state index is 0.164. The van der Waals surface area contributed by atoms with Gasteiger partial charge in [0.05, 0.1) is 5.56 Å². The lowest BCUT2D eigenvalue weighted by molar-refractivity contribution is -0.137. The fourth-order valence-corrected chi connectivity index (χ4v) is 2.35. The SMILES string of the molecule is NC(=O)OC1CCN(NC(=O)COc2ccc(C(F)(F)F)cc2)CC1. The van der Waals surface area contributed by atoms with E-state index in [1.807, 2.05) is 0 Å². The summed E-state index contributed by atoms with van der Waals surface area (Å²) in [6.45, 7) is 0.622. The van der Waals surface area contributed by atoms with Gasteiger partial charge < -0.3 is 15.2 Å². The maximum Gasteiger partial charge on any atom is 0.416 e. The Morgan fingerprint density at radius 1 is 1.20 bits per heavy atom. The molecule has 1 aromatic carbocycles. The van der Waals surface area contributed by atoms with E-state index in [-0.39, 0.29) is 18.5 Å². The Balaban J connectivity index is 1.72. The molecule has 1 fully saturated rings. The second-order valence-electron chi connectivity index (χ2n) is 5.47. The largest absolute Gasteiger partial charge is 0.484 e. The number of hydrogen-bond donors (Lipinski definition) is 2. The lowest BCUT2D eigenvalue weighted by Crippen LogP contribution is -2.49. The number of carbonyl (C=O) groups excluding carboxylic acids is 2. The van der Waals surface area contributed by atoms with Crippen LogP contribution in [0.1, 0.15) is 18.4 Å². The van der Waals surface area contributed by atoms with Crippen LogP contribution in [0.15, 0.2) is 24.3 Å². The molecule has 7 nitrogen and oxygen atoms in total. The molecule has 1 aromatic rings. The van der Waals surface area contributed by atoms with Gasteiger partial charge in [-0.25, -0.2) is 9.80 Å². The Labute approximate surface area is 141 Å². The zero-order valence-corrected chi connectivity index (χ0v) is 13.2. The van der Waals surface area contributed by atoms with Gasteiger partial charge in [0.15, 0.2) is 6.61 Å². The Morgan fingerprint density at radius 3 is 2.32 bits per heavy atom. The Hall–Kier alpha value is -2.49. The minimum Gasteiger partial charge on any atom is -0.484 e. The van der Waals surface area contributed by atoms with E-state index in [0.29, 0.717) is 25.9 Å². The molecule has 0 unspecified atom stereocenters. The molecule has 3 N–H and O–H groups in total. The fraction of sp³-hybridized carbons (Fsp3) is 0.467. The van der Waals surface area contributed by atoms with Crippen molar-refractivity contribution >= 4 is 12.0 Å². The van der Waals surface area contributed by atoms with Crippen LogP contribution in [0, 0.1) is 0 Å². The van der Waals surface area contributed by atoms with Crippen LogP contribution >= 0.6 is 0 Å². The third-order valence-electron chi connectivity index (χ3n) is 3.56. The molecule has 0 bridgehead atoms. The number of primary amides is 1.